The summed E-state index contributed by atoms with van der Waals surface area (Å²) < 4.78 is 34.7. The number of aliphatic carboxylic acids is 1. The van der Waals surface area contributed by atoms with E-state index in [1.165, 1.54) is 116 Å². The van der Waals surface area contributed by atoms with E-state index >= 15 is 0 Å². The van der Waals surface area contributed by atoms with Gasteiger partial charge in [0.2, 0.25) is 11.8 Å². The van der Waals surface area contributed by atoms with Gasteiger partial charge in [-0.05, 0) is 12.8 Å². The van der Waals surface area contributed by atoms with Gasteiger partial charge < -0.3 is 100 Å². The monoisotopic (exact) mass is 1180 g/mol. The SMILES string of the molecule is CCCCCCCCCCCCCCCCC(=O)NC(COC1OC(CO)C(OC2OC(CO)C(O)C(OC3(C(=O)O)CC(O)C(NC(C)=O)C(C(O)C(O)CO)O3)C2O)C(O)C1O)C(O)CCCCCCCCCCCCCCCC. The van der Waals surface area contributed by atoms with Crippen LogP contribution in [0, 0.1) is 0 Å². The maximum Gasteiger partial charge on any atom is 0.364 e. The largest absolute Gasteiger partial charge is 0.477 e. The molecule has 2 amide bonds. The third-order valence-electron chi connectivity index (χ3n) is 16.3. The van der Waals surface area contributed by atoms with Crippen LogP contribution in [0.3, 0.4) is 0 Å². The highest BCUT2D eigenvalue weighted by Crippen LogP contribution is 2.38. The Labute approximate surface area is 487 Å². The maximum absolute atomic E-state index is 13.4. The molecule has 0 aromatic carbocycles. The second kappa shape index (κ2) is 41.8. The molecule has 0 spiro atoms. The maximum atomic E-state index is 13.4. The smallest absolute Gasteiger partial charge is 0.364 e. The molecule has 0 bridgehead atoms. The van der Waals surface area contributed by atoms with E-state index in [9.17, 15) is 75.7 Å². The highest BCUT2D eigenvalue weighted by Gasteiger charge is 2.60. The van der Waals surface area contributed by atoms with E-state index in [0.29, 0.717) is 19.3 Å². The summed E-state index contributed by atoms with van der Waals surface area (Å²) in [5.74, 6) is -6.10. The summed E-state index contributed by atoms with van der Waals surface area (Å²) in [5.41, 5.74) is 0. The fourth-order valence-corrected chi connectivity index (χ4v) is 11.2. The number of rotatable bonds is 46. The molecule has 18 atom stereocenters. The van der Waals surface area contributed by atoms with Crippen molar-refractivity contribution in [1.29, 1.82) is 0 Å². The van der Waals surface area contributed by atoms with Gasteiger partial charge in [0.05, 0.1) is 50.7 Å². The molecule has 18 unspecified atom stereocenters. The molecule has 482 valence electrons. The van der Waals surface area contributed by atoms with Crippen molar-refractivity contribution in [2.75, 3.05) is 26.4 Å². The fraction of sp³-hybridized carbons (Fsp3) is 0.949. The van der Waals surface area contributed by atoms with Gasteiger partial charge in [-0.3, -0.25) is 9.59 Å². The number of aliphatic hydroxyl groups is 11. The van der Waals surface area contributed by atoms with E-state index < -0.39 is 148 Å². The normalized spacial score (nSPS) is 30.1. The van der Waals surface area contributed by atoms with Gasteiger partial charge in [0.1, 0.15) is 67.1 Å². The van der Waals surface area contributed by atoms with E-state index in [4.69, 9.17) is 28.4 Å². The summed E-state index contributed by atoms with van der Waals surface area (Å²) in [5, 5.41) is 136. The number of carboxylic acids is 1. The zero-order valence-corrected chi connectivity index (χ0v) is 49.6. The zero-order chi connectivity index (χ0) is 60.5. The minimum atomic E-state index is -3.07. The summed E-state index contributed by atoms with van der Waals surface area (Å²) in [6, 6.07) is -2.52. The van der Waals surface area contributed by atoms with Crippen molar-refractivity contribution in [2.24, 2.45) is 0 Å². The van der Waals surface area contributed by atoms with Crippen LogP contribution in [-0.4, -0.2) is 215 Å². The molecule has 14 N–H and O–H groups in total. The molecule has 3 aliphatic rings. The average Bonchev–Trinajstić information content (AvgIpc) is 3.53. The number of ether oxygens (including phenoxy) is 6. The Hall–Kier alpha value is -2.27. The van der Waals surface area contributed by atoms with Gasteiger partial charge in [-0.15, -0.1) is 0 Å². The Morgan fingerprint density at radius 2 is 1.06 bits per heavy atom. The number of hydrogen-bond acceptors (Lipinski definition) is 20. The first-order valence-corrected chi connectivity index (χ1v) is 31.4. The highest BCUT2D eigenvalue weighted by molar-refractivity contribution is 5.77. The Morgan fingerprint density at radius 3 is 1.52 bits per heavy atom. The average molecular weight is 1180 g/mol. The van der Waals surface area contributed by atoms with Crippen molar-refractivity contribution in [3.63, 3.8) is 0 Å². The minimum absolute atomic E-state index is 0.228. The molecule has 0 aliphatic carbocycles. The number of nitrogens with one attached hydrogen (secondary N) is 2. The molecule has 3 saturated heterocycles. The third kappa shape index (κ3) is 25.6. The summed E-state index contributed by atoms with van der Waals surface area (Å²) in [6.45, 7) is 2.18. The Balaban J connectivity index is 1.65. The van der Waals surface area contributed by atoms with Crippen LogP contribution in [-0.2, 0) is 42.8 Å². The Bertz CT molecular complexity index is 1690. The zero-order valence-electron chi connectivity index (χ0n) is 49.6. The lowest BCUT2D eigenvalue weighted by atomic mass is 9.88. The summed E-state index contributed by atoms with van der Waals surface area (Å²) in [7, 11) is 0. The summed E-state index contributed by atoms with van der Waals surface area (Å²) in [6.07, 6.45) is 4.07. The quantitative estimate of drug-likeness (QED) is 0.0388. The van der Waals surface area contributed by atoms with Crippen molar-refractivity contribution < 1.29 is 104 Å². The number of hydrogen-bond donors (Lipinski definition) is 14. The van der Waals surface area contributed by atoms with Crippen LogP contribution in [0.1, 0.15) is 220 Å². The number of aliphatic hydroxyl groups excluding tert-OH is 11. The predicted molar refractivity (Wildman–Crippen MR) is 302 cm³/mol. The van der Waals surface area contributed by atoms with Crippen LogP contribution in [0.15, 0.2) is 0 Å². The number of unbranched alkanes of at least 4 members (excludes halogenated alkanes) is 26. The first-order chi connectivity index (χ1) is 39.4. The van der Waals surface area contributed by atoms with E-state index in [-0.39, 0.29) is 18.9 Å². The lowest BCUT2D eigenvalue weighted by Gasteiger charge is -2.50. The molecule has 3 fully saturated rings. The molecule has 3 heterocycles. The number of carboxylic acid groups (broad SMARTS) is 1. The summed E-state index contributed by atoms with van der Waals surface area (Å²) in [4.78, 5) is 38.4. The highest BCUT2D eigenvalue weighted by atomic mass is 16.8. The molecule has 0 aromatic heterocycles. The van der Waals surface area contributed by atoms with Gasteiger partial charge in [-0.2, -0.15) is 0 Å². The van der Waals surface area contributed by atoms with E-state index in [1.54, 1.807) is 0 Å². The van der Waals surface area contributed by atoms with Crippen LogP contribution in [0.25, 0.3) is 0 Å². The van der Waals surface area contributed by atoms with E-state index in [1.807, 2.05) is 0 Å². The van der Waals surface area contributed by atoms with Gasteiger partial charge in [0.25, 0.3) is 5.79 Å². The predicted octanol–water partition coefficient (Wildman–Crippen LogP) is 3.39. The fourth-order valence-electron chi connectivity index (χ4n) is 11.2. The topological polar surface area (TPSA) is 373 Å². The first kappa shape index (κ1) is 74.0. The molecule has 0 aromatic rings. The number of amides is 2. The van der Waals surface area contributed by atoms with Crippen LogP contribution in [0.4, 0.5) is 0 Å². The van der Waals surface area contributed by atoms with E-state index in [2.05, 4.69) is 24.5 Å². The van der Waals surface area contributed by atoms with Gasteiger partial charge in [-0.25, -0.2) is 4.79 Å². The molecular weight excluding hydrogens is 1070 g/mol. The van der Waals surface area contributed by atoms with Crippen LogP contribution in [0.2, 0.25) is 0 Å². The van der Waals surface area contributed by atoms with Crippen molar-refractivity contribution in [3.8, 4) is 0 Å². The van der Waals surface area contributed by atoms with Crippen LogP contribution >= 0.6 is 0 Å². The Kier molecular flexibility index (Phi) is 37.7. The Morgan fingerprint density at radius 1 is 0.585 bits per heavy atom. The van der Waals surface area contributed by atoms with Crippen molar-refractivity contribution in [1.82, 2.24) is 10.6 Å². The molecule has 0 radical (unpaired) electrons. The number of carbonyl (C=O) groups is 3. The molecule has 0 saturated carbocycles. The summed E-state index contributed by atoms with van der Waals surface area (Å²) >= 11 is 0. The van der Waals surface area contributed by atoms with Crippen molar-refractivity contribution in [2.45, 2.75) is 330 Å². The molecule has 23 nitrogen and oxygen atoms in total. The van der Waals surface area contributed by atoms with Crippen molar-refractivity contribution >= 4 is 17.8 Å². The lowest BCUT2D eigenvalue weighted by Crippen LogP contribution is -2.70. The van der Waals surface area contributed by atoms with Gasteiger partial charge >= 0.3 is 5.97 Å². The second-order valence-corrected chi connectivity index (χ2v) is 23.3. The third-order valence-corrected chi connectivity index (χ3v) is 16.3. The van der Waals surface area contributed by atoms with Crippen LogP contribution < -0.4 is 10.6 Å². The minimum Gasteiger partial charge on any atom is -0.477 e. The van der Waals surface area contributed by atoms with Gasteiger partial charge in [-0.1, -0.05) is 187 Å². The van der Waals surface area contributed by atoms with Gasteiger partial charge in [0, 0.05) is 19.8 Å². The molecule has 3 aliphatic heterocycles. The lowest BCUT2D eigenvalue weighted by molar-refractivity contribution is -0.386. The molecule has 82 heavy (non-hydrogen) atoms. The van der Waals surface area contributed by atoms with Crippen LogP contribution in [0.5, 0.6) is 0 Å². The van der Waals surface area contributed by atoms with E-state index in [0.717, 1.165) is 58.3 Å². The molecular formula is C59H110N2O21. The first-order valence-electron chi connectivity index (χ1n) is 31.4. The molecule has 23 heteroatoms. The number of carbonyl (C=O) groups excluding carboxylic acids is 2. The van der Waals surface area contributed by atoms with Gasteiger partial charge in [0.15, 0.2) is 12.6 Å². The van der Waals surface area contributed by atoms with Crippen molar-refractivity contribution in [3.05, 3.63) is 0 Å². The second-order valence-electron chi connectivity index (χ2n) is 23.3. The molecule has 3 rings (SSSR count). The standard InChI is InChI=1S/C59H110N2O21/c1-4-6-8-10-12-14-16-18-20-22-24-26-28-30-32-41(66)40(61-46(69)33-31-29-27-25-23-21-19-17-15-13-11-9-7-5-2)38-77-56-51(73)50(72)53(45(37-64)79-56)80-57-52(74)55(49(71)44(36-63)78-57)82-59(58(75)76)34-42(67)47(60-39(3)65)54(81-59)48(70)43(68)35-62/h40-45,47-57,62-64,66-68,70-74H,4-38H2,1-3H3,(H,60,65)(H,61,69)(H,75,76).